The summed E-state index contributed by atoms with van der Waals surface area (Å²) in [6.07, 6.45) is 10.7. The molecule has 1 amide bonds. The van der Waals surface area contributed by atoms with Gasteiger partial charge >= 0.3 is 51.4 Å². The van der Waals surface area contributed by atoms with E-state index in [4.69, 9.17) is 15.3 Å². The second kappa shape index (κ2) is 21.5. The Morgan fingerprint density at radius 2 is 1.90 bits per heavy atom. The van der Waals surface area contributed by atoms with Gasteiger partial charge in [0, 0.05) is 41.7 Å². The summed E-state index contributed by atoms with van der Waals surface area (Å²) in [5, 5.41) is 6.78. The molecule has 1 heterocycles. The van der Waals surface area contributed by atoms with Crippen LogP contribution in [0.4, 0.5) is 27.3 Å². The monoisotopic (exact) mass is 559 g/mol. The zero-order valence-corrected chi connectivity index (χ0v) is 26.4. The van der Waals surface area contributed by atoms with Crippen molar-refractivity contribution in [1.82, 2.24) is 4.98 Å². The van der Waals surface area contributed by atoms with Gasteiger partial charge in [-0.3, -0.25) is 4.79 Å². The Labute approximate surface area is 275 Å². The van der Waals surface area contributed by atoms with E-state index >= 15 is 0 Å². The number of nitrogen functional groups attached to an aromatic ring is 1. The number of nitrogens with one attached hydrogen (secondary N) is 2. The predicted octanol–water partition coefficient (Wildman–Crippen LogP) is 2.97. The maximum Gasteiger partial charge on any atom is 1.00 e. The third-order valence-electron chi connectivity index (χ3n) is 5.30. The number of hydrogen-bond donors (Lipinski definition) is 4. The summed E-state index contributed by atoms with van der Waals surface area (Å²) in [4.78, 5) is 13.0. The molecule has 0 aliphatic rings. The molecular formula is C30H39FKN5O2-2. The van der Waals surface area contributed by atoms with Crippen molar-refractivity contribution in [2.45, 2.75) is 26.2 Å². The van der Waals surface area contributed by atoms with Crippen LogP contribution in [0.15, 0.2) is 60.8 Å². The SMILES string of the molecule is NC=O.[CH2-]COCC/C=C/c1cnc(N)c(Cc2ccc(Nc3cccc(F)c3)cc2)c1NCC[CH-]C.[CH3-].[K+]. The summed E-state index contributed by atoms with van der Waals surface area (Å²) in [6.45, 7) is 7.66. The molecule has 0 aliphatic carbocycles. The van der Waals surface area contributed by atoms with Crippen molar-refractivity contribution in [1.29, 1.82) is 0 Å². The predicted molar refractivity (Wildman–Crippen MR) is 157 cm³/mol. The van der Waals surface area contributed by atoms with Gasteiger partial charge in [-0.1, -0.05) is 37.0 Å². The van der Waals surface area contributed by atoms with Crippen molar-refractivity contribution in [2.75, 3.05) is 36.1 Å². The molecule has 0 saturated heterocycles. The molecule has 39 heavy (non-hydrogen) atoms. The number of nitrogens with zero attached hydrogens (tertiary/aromatic N) is 1. The van der Waals surface area contributed by atoms with Crippen LogP contribution in [0.3, 0.4) is 0 Å². The minimum Gasteiger partial charge on any atom is -0.413 e. The van der Waals surface area contributed by atoms with Gasteiger partial charge < -0.3 is 47.6 Å². The molecule has 1 aromatic heterocycles. The van der Waals surface area contributed by atoms with Crippen LogP contribution in [0.2, 0.25) is 0 Å². The molecule has 7 nitrogen and oxygen atoms in total. The quantitative estimate of drug-likeness (QED) is 0.111. The fourth-order valence-corrected chi connectivity index (χ4v) is 3.55. The van der Waals surface area contributed by atoms with E-state index in [9.17, 15) is 4.39 Å². The fraction of sp³-hybridized carbons (Fsp3) is 0.233. The van der Waals surface area contributed by atoms with Crippen molar-refractivity contribution >= 4 is 35.4 Å². The van der Waals surface area contributed by atoms with E-state index in [2.05, 4.69) is 46.8 Å². The number of hydrogen-bond acceptors (Lipinski definition) is 6. The number of carbonyl (C=O) groups excluding carboxylic acids is 1. The number of unbranched alkanes of at least 4 members (excludes halogenated alkanes) is 1. The number of pyridine rings is 1. The summed E-state index contributed by atoms with van der Waals surface area (Å²) in [5.41, 5.74) is 16.2. The van der Waals surface area contributed by atoms with Crippen molar-refractivity contribution in [3.05, 3.63) is 104 Å². The van der Waals surface area contributed by atoms with Crippen LogP contribution >= 0.6 is 0 Å². The molecule has 0 saturated carbocycles. The molecule has 0 aliphatic heterocycles. The normalized spacial score (nSPS) is 10.0. The van der Waals surface area contributed by atoms with Gasteiger partial charge in [-0.05, 0) is 48.9 Å². The number of amides is 1. The van der Waals surface area contributed by atoms with Crippen LogP contribution in [0.1, 0.15) is 36.5 Å². The number of rotatable bonds is 13. The minimum atomic E-state index is -0.269. The van der Waals surface area contributed by atoms with Crippen LogP contribution < -0.4 is 73.5 Å². The number of benzene rings is 2. The largest absolute Gasteiger partial charge is 1.00 e. The van der Waals surface area contributed by atoms with Gasteiger partial charge in [-0.2, -0.15) is 13.3 Å². The Morgan fingerprint density at radius 1 is 1.18 bits per heavy atom. The minimum absolute atomic E-state index is 0. The van der Waals surface area contributed by atoms with Crippen molar-refractivity contribution in [3.8, 4) is 0 Å². The Bertz CT molecular complexity index is 1130. The molecule has 3 aromatic rings. The molecule has 9 heteroatoms. The molecule has 0 bridgehead atoms. The van der Waals surface area contributed by atoms with Crippen LogP contribution in [0.5, 0.6) is 0 Å². The Balaban J connectivity index is 0.00000276. The van der Waals surface area contributed by atoms with Crippen molar-refractivity contribution < 1.29 is 65.3 Å². The maximum absolute atomic E-state index is 13.4. The van der Waals surface area contributed by atoms with Gasteiger partial charge in [0.2, 0.25) is 6.41 Å². The number of aromatic nitrogens is 1. The van der Waals surface area contributed by atoms with E-state index in [1.165, 1.54) is 12.1 Å². The molecule has 0 spiro atoms. The third kappa shape index (κ3) is 13.6. The van der Waals surface area contributed by atoms with Crippen molar-refractivity contribution in [2.24, 2.45) is 5.73 Å². The van der Waals surface area contributed by atoms with Crippen LogP contribution in [0, 0.1) is 26.6 Å². The van der Waals surface area contributed by atoms with E-state index in [0.717, 1.165) is 47.5 Å². The third-order valence-corrected chi connectivity index (χ3v) is 5.30. The first-order valence-electron chi connectivity index (χ1n) is 12.1. The molecule has 0 atom stereocenters. The summed E-state index contributed by atoms with van der Waals surface area (Å²) < 4.78 is 18.8. The van der Waals surface area contributed by atoms with Gasteiger partial charge in [0.05, 0.1) is 5.69 Å². The van der Waals surface area contributed by atoms with E-state index in [0.29, 0.717) is 31.1 Å². The zero-order chi connectivity index (χ0) is 26.9. The van der Waals surface area contributed by atoms with Crippen LogP contribution in [-0.2, 0) is 16.0 Å². The van der Waals surface area contributed by atoms with Crippen LogP contribution in [-0.4, -0.2) is 31.2 Å². The Hall–Kier alpha value is -2.27. The van der Waals surface area contributed by atoms with E-state index < -0.39 is 0 Å². The molecule has 0 fully saturated rings. The molecule has 6 N–H and O–H groups in total. The summed E-state index contributed by atoms with van der Waals surface area (Å²) >= 11 is 0. The van der Waals surface area contributed by atoms with Gasteiger partial charge in [0.1, 0.15) is 11.6 Å². The number of carbonyl (C=O) groups is 1. The summed E-state index contributed by atoms with van der Waals surface area (Å²) in [6, 6.07) is 14.5. The first kappa shape index (κ1) is 36.7. The summed E-state index contributed by atoms with van der Waals surface area (Å²) in [7, 11) is 0. The van der Waals surface area contributed by atoms with Crippen molar-refractivity contribution in [3.63, 3.8) is 0 Å². The smallest absolute Gasteiger partial charge is 0.413 e. The fourth-order valence-electron chi connectivity index (χ4n) is 3.55. The van der Waals surface area contributed by atoms with Gasteiger partial charge in [0.25, 0.3) is 0 Å². The van der Waals surface area contributed by atoms with E-state index in [1.54, 1.807) is 6.07 Å². The number of primary amides is 1. The topological polar surface area (TPSA) is 115 Å². The van der Waals surface area contributed by atoms with Gasteiger partial charge in [-0.25, -0.2) is 9.37 Å². The average molecular weight is 560 g/mol. The van der Waals surface area contributed by atoms with E-state index in [-0.39, 0.29) is 71.0 Å². The van der Waals surface area contributed by atoms with Gasteiger partial charge in [-0.15, -0.1) is 0 Å². The zero-order valence-electron chi connectivity index (χ0n) is 23.3. The molecule has 206 valence electrons. The first-order chi connectivity index (χ1) is 18.0. The second-order valence-corrected chi connectivity index (χ2v) is 8.02. The second-order valence-electron chi connectivity index (χ2n) is 8.02. The molecule has 3 rings (SSSR count). The molecule has 0 radical (unpaired) electrons. The molecule has 0 unspecified atom stereocenters. The average Bonchev–Trinajstić information content (AvgIpc) is 2.88. The number of ether oxygens (including phenoxy) is 1. The molecule has 2 aromatic carbocycles. The maximum atomic E-state index is 13.4. The number of nitrogens with two attached hydrogens (primary N) is 2. The Morgan fingerprint density at radius 3 is 2.54 bits per heavy atom. The summed E-state index contributed by atoms with van der Waals surface area (Å²) in [5.74, 6) is 0.247. The standard InChI is InChI=1S/C28H33FN4O.CH3NO.CH3.K/c1-3-5-16-31-27-22(9-6-7-17-34-4-2)20-32-28(30)26(27)18-21-12-14-24(15-13-21)33-25-11-8-10-23(29)19-25;2-1-3;;/h3,6,8-15,19-20,33H,2,4-5,7,16-18H2,1H3,(H3,30,31,32);1H,(H2,2,3);1H3;/q-2;;-1;+1/b9-6+;;;. The molecular weight excluding hydrogens is 520 g/mol. The number of anilines is 4. The first-order valence-corrected chi connectivity index (χ1v) is 12.1. The number of halogens is 1. The van der Waals surface area contributed by atoms with Crippen LogP contribution in [0.25, 0.3) is 6.08 Å². The van der Waals surface area contributed by atoms with Gasteiger partial charge in [0.15, 0.2) is 0 Å². The Kier molecular flexibility index (Phi) is 20.3. The van der Waals surface area contributed by atoms with E-state index in [1.807, 2.05) is 43.5 Å².